The molecule has 1 N–H and O–H groups in total. The van der Waals surface area contributed by atoms with Crippen LogP contribution in [0.4, 0.5) is 0 Å². The van der Waals surface area contributed by atoms with Gasteiger partial charge in [0.25, 0.3) is 5.91 Å². The Hall–Kier alpha value is -3.32. The van der Waals surface area contributed by atoms with E-state index in [1.54, 1.807) is 42.1 Å². The summed E-state index contributed by atoms with van der Waals surface area (Å²) in [5, 5.41) is 9.71. The van der Waals surface area contributed by atoms with Crippen molar-refractivity contribution in [3.8, 4) is 11.4 Å². The van der Waals surface area contributed by atoms with E-state index >= 15 is 0 Å². The number of carbonyl (C=O) groups is 1. The zero-order valence-electron chi connectivity index (χ0n) is 15.4. The van der Waals surface area contributed by atoms with Crippen molar-refractivity contribution in [2.45, 2.75) is 6.54 Å². The quantitative estimate of drug-likeness (QED) is 0.559. The second-order valence-electron chi connectivity index (χ2n) is 6.37. The van der Waals surface area contributed by atoms with Gasteiger partial charge in [0.15, 0.2) is 0 Å². The molecule has 0 aliphatic rings. The van der Waals surface area contributed by atoms with Crippen LogP contribution in [0.1, 0.15) is 16.2 Å². The number of nitrogens with zero attached hydrogens (tertiary/aromatic N) is 4. The molecule has 2 aromatic carbocycles. The first-order chi connectivity index (χ1) is 13.6. The van der Waals surface area contributed by atoms with Crippen LogP contribution >= 0.6 is 11.6 Å². The molecule has 2 heterocycles. The van der Waals surface area contributed by atoms with E-state index in [1.165, 1.54) is 0 Å². The topological polar surface area (TPSA) is 76.0 Å². The van der Waals surface area contributed by atoms with Crippen LogP contribution < -0.4 is 4.74 Å². The van der Waals surface area contributed by atoms with Crippen molar-refractivity contribution in [1.82, 2.24) is 24.9 Å². The molecular formula is C20H18ClN5O2. The van der Waals surface area contributed by atoms with Crippen molar-refractivity contribution in [3.63, 3.8) is 0 Å². The molecule has 0 unspecified atom stereocenters. The predicted octanol–water partition coefficient (Wildman–Crippen LogP) is 3.68. The van der Waals surface area contributed by atoms with E-state index in [2.05, 4.69) is 15.3 Å². The largest absolute Gasteiger partial charge is 0.496 e. The van der Waals surface area contributed by atoms with Crippen molar-refractivity contribution in [3.05, 3.63) is 71.1 Å². The summed E-state index contributed by atoms with van der Waals surface area (Å²) < 4.78 is 6.96. The van der Waals surface area contributed by atoms with E-state index in [-0.39, 0.29) is 5.91 Å². The molecule has 0 spiro atoms. The third-order valence-corrected chi connectivity index (χ3v) is 4.78. The minimum absolute atomic E-state index is 0.148. The third kappa shape index (κ3) is 3.32. The van der Waals surface area contributed by atoms with Crippen LogP contribution in [0, 0.1) is 0 Å². The monoisotopic (exact) mass is 395 g/mol. The molecule has 0 radical (unpaired) electrons. The van der Waals surface area contributed by atoms with Gasteiger partial charge in [0.2, 0.25) is 0 Å². The number of H-pyrrole nitrogens is 1. The summed E-state index contributed by atoms with van der Waals surface area (Å²) in [7, 11) is 3.33. The maximum Gasteiger partial charge on any atom is 0.270 e. The van der Waals surface area contributed by atoms with Crippen LogP contribution in [0.25, 0.3) is 16.6 Å². The molecule has 1 amide bonds. The lowest BCUT2D eigenvalue weighted by atomic mass is 10.2. The fraction of sp³-hybridized carbons (Fsp3) is 0.150. The number of hydrogen-bond donors (Lipinski definition) is 1. The van der Waals surface area contributed by atoms with E-state index in [0.29, 0.717) is 23.0 Å². The van der Waals surface area contributed by atoms with Gasteiger partial charge in [0.1, 0.15) is 17.1 Å². The molecule has 8 heteroatoms. The van der Waals surface area contributed by atoms with Crippen LogP contribution in [0.2, 0.25) is 5.02 Å². The molecule has 0 fully saturated rings. The number of rotatable bonds is 5. The molecule has 2 aromatic heterocycles. The summed E-state index contributed by atoms with van der Waals surface area (Å²) in [6.07, 6.45) is 1.76. The zero-order chi connectivity index (χ0) is 19.7. The van der Waals surface area contributed by atoms with E-state index in [1.807, 2.05) is 36.4 Å². The number of aromatic amines is 1. The van der Waals surface area contributed by atoms with Crippen LogP contribution in [0.3, 0.4) is 0 Å². The fourth-order valence-corrected chi connectivity index (χ4v) is 3.29. The van der Waals surface area contributed by atoms with Gasteiger partial charge >= 0.3 is 0 Å². The van der Waals surface area contributed by atoms with Crippen LogP contribution in [0.5, 0.6) is 5.75 Å². The molecule has 142 valence electrons. The first kappa shape index (κ1) is 18.1. The Balaban J connectivity index is 1.53. The number of hydrogen-bond acceptors (Lipinski definition) is 4. The molecule has 4 rings (SSSR count). The lowest BCUT2D eigenvalue weighted by Gasteiger charge is -2.14. The van der Waals surface area contributed by atoms with Crippen molar-refractivity contribution < 1.29 is 9.53 Å². The number of nitrogens with one attached hydrogen (secondary N) is 1. The molecule has 0 bridgehead atoms. The van der Waals surface area contributed by atoms with Crippen molar-refractivity contribution >= 4 is 28.4 Å². The van der Waals surface area contributed by atoms with Gasteiger partial charge in [-0.1, -0.05) is 35.0 Å². The molecule has 0 aliphatic carbocycles. The Morgan fingerprint density at radius 3 is 2.86 bits per heavy atom. The summed E-state index contributed by atoms with van der Waals surface area (Å²) in [6, 6.07) is 14.8. The summed E-state index contributed by atoms with van der Waals surface area (Å²) >= 11 is 6.20. The van der Waals surface area contributed by atoms with Crippen molar-refractivity contribution in [2.75, 3.05) is 14.2 Å². The molecule has 7 nitrogen and oxygen atoms in total. The lowest BCUT2D eigenvalue weighted by molar-refractivity contribution is 0.0778. The Morgan fingerprint density at radius 1 is 1.25 bits per heavy atom. The van der Waals surface area contributed by atoms with E-state index in [9.17, 15) is 4.79 Å². The number of fused-ring (bicyclic) bond motifs is 1. The Kier molecular flexibility index (Phi) is 4.75. The van der Waals surface area contributed by atoms with Crippen molar-refractivity contribution in [1.29, 1.82) is 0 Å². The molecule has 4 aromatic rings. The number of para-hydroxylation sites is 1. The number of amides is 1. The first-order valence-corrected chi connectivity index (χ1v) is 9.02. The normalized spacial score (nSPS) is 11.0. The Labute approximate surface area is 166 Å². The number of aromatic nitrogens is 4. The Morgan fingerprint density at radius 2 is 2.07 bits per heavy atom. The predicted molar refractivity (Wildman–Crippen MR) is 107 cm³/mol. The SMILES string of the molecule is COc1cccc2[nH]c(C(=O)N(C)Cc3cn(-c4ccccc4Cl)nn3)cc12. The number of halogens is 1. The lowest BCUT2D eigenvalue weighted by Crippen LogP contribution is -2.26. The average Bonchev–Trinajstić information content (AvgIpc) is 3.34. The van der Waals surface area contributed by atoms with Gasteiger partial charge in [-0.05, 0) is 30.3 Å². The summed E-state index contributed by atoms with van der Waals surface area (Å²) in [5.74, 6) is 0.573. The minimum Gasteiger partial charge on any atom is -0.496 e. The van der Waals surface area contributed by atoms with Gasteiger partial charge in [-0.3, -0.25) is 4.79 Å². The molecule has 0 saturated carbocycles. The minimum atomic E-state index is -0.148. The van der Waals surface area contributed by atoms with E-state index in [4.69, 9.17) is 16.3 Å². The number of benzene rings is 2. The maximum absolute atomic E-state index is 12.8. The summed E-state index contributed by atoms with van der Waals surface area (Å²) in [4.78, 5) is 17.6. The molecule has 0 atom stereocenters. The van der Waals surface area contributed by atoms with Gasteiger partial charge in [-0.15, -0.1) is 5.10 Å². The van der Waals surface area contributed by atoms with Gasteiger partial charge in [0.05, 0.1) is 30.6 Å². The molecule has 28 heavy (non-hydrogen) atoms. The van der Waals surface area contributed by atoms with Crippen LogP contribution in [-0.2, 0) is 6.54 Å². The zero-order valence-corrected chi connectivity index (χ0v) is 16.1. The Bertz CT molecular complexity index is 1150. The number of methoxy groups -OCH3 is 1. The van der Waals surface area contributed by atoms with Crippen molar-refractivity contribution in [2.24, 2.45) is 0 Å². The third-order valence-electron chi connectivity index (χ3n) is 4.46. The smallest absolute Gasteiger partial charge is 0.270 e. The average molecular weight is 396 g/mol. The highest BCUT2D eigenvalue weighted by atomic mass is 35.5. The van der Waals surface area contributed by atoms with Gasteiger partial charge in [-0.25, -0.2) is 4.68 Å². The van der Waals surface area contributed by atoms with Crippen LogP contribution in [0.15, 0.2) is 54.7 Å². The van der Waals surface area contributed by atoms with Gasteiger partial charge in [0, 0.05) is 18.0 Å². The number of carbonyl (C=O) groups excluding carboxylic acids is 1. The first-order valence-electron chi connectivity index (χ1n) is 8.64. The fourth-order valence-electron chi connectivity index (χ4n) is 3.07. The highest BCUT2D eigenvalue weighted by molar-refractivity contribution is 6.32. The highest BCUT2D eigenvalue weighted by Gasteiger charge is 2.17. The summed E-state index contributed by atoms with van der Waals surface area (Å²) in [6.45, 7) is 0.315. The molecule has 0 aliphatic heterocycles. The standard InChI is InChI=1S/C20H18ClN5O2/c1-25(11-13-12-26(24-23-13)18-8-4-3-6-15(18)21)20(27)17-10-14-16(22-17)7-5-9-19(14)28-2/h3-10,12,22H,11H2,1-2H3. The number of ether oxygens (including phenoxy) is 1. The molecule has 0 saturated heterocycles. The van der Waals surface area contributed by atoms with E-state index in [0.717, 1.165) is 22.3 Å². The van der Waals surface area contributed by atoms with Gasteiger partial charge < -0.3 is 14.6 Å². The van der Waals surface area contributed by atoms with E-state index < -0.39 is 0 Å². The second kappa shape index (κ2) is 7.36. The second-order valence-corrected chi connectivity index (χ2v) is 6.78. The molecular weight excluding hydrogens is 378 g/mol. The maximum atomic E-state index is 12.8. The summed E-state index contributed by atoms with van der Waals surface area (Å²) in [5.41, 5.74) is 2.73. The van der Waals surface area contributed by atoms with Crippen LogP contribution in [-0.4, -0.2) is 44.9 Å². The highest BCUT2D eigenvalue weighted by Crippen LogP contribution is 2.26. The van der Waals surface area contributed by atoms with Gasteiger partial charge in [-0.2, -0.15) is 0 Å².